The van der Waals surface area contributed by atoms with Gasteiger partial charge in [-0.2, -0.15) is 4.72 Å². The zero-order chi connectivity index (χ0) is 19.5. The number of sulfonamides is 1. The average Bonchev–Trinajstić information content (AvgIpc) is 2.57. The Morgan fingerprint density at radius 1 is 1.12 bits per heavy atom. The molecule has 9 heteroatoms. The molecule has 2 aromatic rings. The van der Waals surface area contributed by atoms with E-state index in [4.69, 9.17) is 11.6 Å². The van der Waals surface area contributed by atoms with Gasteiger partial charge < -0.3 is 5.32 Å². The standard InChI is InChI=1S/C17H16ClFN2O4S/c1-10(17(23)20-13-5-8-16(19)15(18)9-13)21-26(24,25)14-6-3-12(4-7-14)11(2)22/h3-10,21H,1-2H3,(H,20,23)/t10-/m0/s1. The topological polar surface area (TPSA) is 92.3 Å². The number of rotatable bonds is 6. The number of nitrogens with one attached hydrogen (secondary N) is 2. The molecule has 2 rings (SSSR count). The van der Waals surface area contributed by atoms with Gasteiger partial charge in [-0.1, -0.05) is 23.7 Å². The summed E-state index contributed by atoms with van der Waals surface area (Å²) in [6.07, 6.45) is 0. The second kappa shape index (κ2) is 7.94. The van der Waals surface area contributed by atoms with Crippen molar-refractivity contribution in [1.82, 2.24) is 4.72 Å². The molecule has 0 bridgehead atoms. The summed E-state index contributed by atoms with van der Waals surface area (Å²) in [4.78, 5) is 23.3. The normalized spacial score (nSPS) is 12.5. The lowest BCUT2D eigenvalue weighted by molar-refractivity contribution is -0.117. The van der Waals surface area contributed by atoms with E-state index in [2.05, 4.69) is 10.0 Å². The van der Waals surface area contributed by atoms with Crippen LogP contribution in [0.5, 0.6) is 0 Å². The van der Waals surface area contributed by atoms with E-state index in [0.29, 0.717) is 5.56 Å². The third kappa shape index (κ3) is 4.87. The molecule has 138 valence electrons. The Balaban J connectivity index is 2.08. The fraction of sp³-hybridized carbons (Fsp3) is 0.176. The van der Waals surface area contributed by atoms with Crippen LogP contribution in [0, 0.1) is 5.82 Å². The molecule has 1 amide bonds. The van der Waals surface area contributed by atoms with Crippen LogP contribution in [0.4, 0.5) is 10.1 Å². The predicted octanol–water partition coefficient (Wildman–Crippen LogP) is 2.99. The number of Topliss-reactive ketones (excluding diaryl/α,β-unsaturated/α-hetero) is 1. The van der Waals surface area contributed by atoms with E-state index in [-0.39, 0.29) is 21.4 Å². The minimum Gasteiger partial charge on any atom is -0.325 e. The summed E-state index contributed by atoms with van der Waals surface area (Å²) in [5.41, 5.74) is 0.612. The third-order valence-electron chi connectivity index (χ3n) is 3.48. The highest BCUT2D eigenvalue weighted by atomic mass is 35.5. The maximum atomic E-state index is 13.1. The first-order valence-corrected chi connectivity index (χ1v) is 9.35. The van der Waals surface area contributed by atoms with E-state index in [9.17, 15) is 22.4 Å². The maximum Gasteiger partial charge on any atom is 0.242 e. The number of hydrogen-bond acceptors (Lipinski definition) is 4. The second-order valence-electron chi connectivity index (χ2n) is 5.54. The molecule has 0 aliphatic rings. The molecule has 0 saturated carbocycles. The van der Waals surface area contributed by atoms with Crippen LogP contribution in [0.15, 0.2) is 47.4 Å². The molecule has 0 aromatic heterocycles. The monoisotopic (exact) mass is 398 g/mol. The molecule has 0 aliphatic carbocycles. The minimum atomic E-state index is -3.96. The summed E-state index contributed by atoms with van der Waals surface area (Å²) in [5, 5.41) is 2.28. The molecule has 0 saturated heterocycles. The van der Waals surface area contributed by atoms with E-state index in [1.54, 1.807) is 0 Å². The zero-order valence-electron chi connectivity index (χ0n) is 13.9. The quantitative estimate of drug-likeness (QED) is 0.731. The first kappa shape index (κ1) is 20.0. The van der Waals surface area contributed by atoms with E-state index < -0.39 is 27.8 Å². The van der Waals surface area contributed by atoms with Crippen LogP contribution in [0.3, 0.4) is 0 Å². The van der Waals surface area contributed by atoms with E-state index >= 15 is 0 Å². The Morgan fingerprint density at radius 3 is 2.27 bits per heavy atom. The third-order valence-corrected chi connectivity index (χ3v) is 5.33. The van der Waals surface area contributed by atoms with Gasteiger partial charge in [0.05, 0.1) is 16.0 Å². The highest BCUT2D eigenvalue weighted by molar-refractivity contribution is 7.89. The first-order chi connectivity index (χ1) is 12.1. The van der Waals surface area contributed by atoms with Crippen molar-refractivity contribution in [2.75, 3.05) is 5.32 Å². The van der Waals surface area contributed by atoms with Crippen LogP contribution < -0.4 is 10.0 Å². The highest BCUT2D eigenvalue weighted by Gasteiger charge is 2.22. The van der Waals surface area contributed by atoms with Gasteiger partial charge in [-0.15, -0.1) is 0 Å². The van der Waals surface area contributed by atoms with Gasteiger partial charge in [-0.3, -0.25) is 9.59 Å². The van der Waals surface area contributed by atoms with Gasteiger partial charge in [-0.25, -0.2) is 12.8 Å². The fourth-order valence-electron chi connectivity index (χ4n) is 2.05. The minimum absolute atomic E-state index is 0.0769. The molecule has 0 radical (unpaired) electrons. The SMILES string of the molecule is CC(=O)c1ccc(S(=O)(=O)N[C@@H](C)C(=O)Nc2ccc(F)c(Cl)c2)cc1. The van der Waals surface area contributed by atoms with E-state index in [1.165, 1.54) is 50.2 Å². The molecular weight excluding hydrogens is 383 g/mol. The summed E-state index contributed by atoms with van der Waals surface area (Å²) >= 11 is 5.64. The van der Waals surface area contributed by atoms with Gasteiger partial charge in [0.2, 0.25) is 15.9 Å². The molecule has 0 fully saturated rings. The molecule has 0 heterocycles. The van der Waals surface area contributed by atoms with Gasteiger partial charge >= 0.3 is 0 Å². The Kier molecular flexibility index (Phi) is 6.12. The molecule has 0 spiro atoms. The lowest BCUT2D eigenvalue weighted by Crippen LogP contribution is -2.41. The van der Waals surface area contributed by atoms with Crippen LogP contribution in [0.2, 0.25) is 5.02 Å². The van der Waals surface area contributed by atoms with Gasteiger partial charge in [0, 0.05) is 11.3 Å². The largest absolute Gasteiger partial charge is 0.325 e. The Bertz CT molecular complexity index is 946. The van der Waals surface area contributed by atoms with Crippen molar-refractivity contribution in [1.29, 1.82) is 0 Å². The molecular formula is C17H16ClFN2O4S. The lowest BCUT2D eigenvalue weighted by atomic mass is 10.2. The van der Waals surface area contributed by atoms with Crippen molar-refractivity contribution in [3.05, 3.63) is 58.9 Å². The number of ketones is 1. The number of halogens is 2. The average molecular weight is 399 g/mol. The Hall–Kier alpha value is -2.29. The lowest BCUT2D eigenvalue weighted by Gasteiger charge is -2.15. The van der Waals surface area contributed by atoms with Crippen LogP contribution in [0.25, 0.3) is 0 Å². The summed E-state index contributed by atoms with van der Waals surface area (Å²) < 4.78 is 40.0. The van der Waals surface area contributed by atoms with Crippen molar-refractivity contribution in [3.63, 3.8) is 0 Å². The van der Waals surface area contributed by atoms with Gasteiger partial charge in [0.25, 0.3) is 0 Å². The molecule has 0 unspecified atom stereocenters. The van der Waals surface area contributed by atoms with Crippen molar-refractivity contribution in [2.45, 2.75) is 24.8 Å². The van der Waals surface area contributed by atoms with Crippen molar-refractivity contribution in [3.8, 4) is 0 Å². The molecule has 6 nitrogen and oxygen atoms in total. The number of benzene rings is 2. The summed E-state index contributed by atoms with van der Waals surface area (Å²) in [5.74, 6) is -1.46. The first-order valence-electron chi connectivity index (χ1n) is 7.49. The number of anilines is 1. The van der Waals surface area contributed by atoms with Crippen LogP contribution in [-0.2, 0) is 14.8 Å². The van der Waals surface area contributed by atoms with E-state index in [1.807, 2.05) is 0 Å². The number of carbonyl (C=O) groups excluding carboxylic acids is 2. The Labute approximate surface area is 155 Å². The summed E-state index contributed by atoms with van der Waals surface area (Å²) in [7, 11) is -3.96. The Morgan fingerprint density at radius 2 is 1.73 bits per heavy atom. The molecule has 26 heavy (non-hydrogen) atoms. The molecule has 1 atom stereocenters. The fourth-order valence-corrected chi connectivity index (χ4v) is 3.43. The highest BCUT2D eigenvalue weighted by Crippen LogP contribution is 2.19. The van der Waals surface area contributed by atoms with Gasteiger partial charge in [-0.05, 0) is 44.2 Å². The molecule has 2 aromatic carbocycles. The van der Waals surface area contributed by atoms with E-state index in [0.717, 1.165) is 6.07 Å². The summed E-state index contributed by atoms with van der Waals surface area (Å²) in [6, 6.07) is 7.86. The maximum absolute atomic E-state index is 13.1. The van der Waals surface area contributed by atoms with Crippen molar-refractivity contribution < 1.29 is 22.4 Å². The number of amides is 1. The number of hydrogen-bond donors (Lipinski definition) is 2. The second-order valence-corrected chi connectivity index (χ2v) is 7.66. The van der Waals surface area contributed by atoms with Crippen LogP contribution in [0.1, 0.15) is 24.2 Å². The van der Waals surface area contributed by atoms with Crippen molar-refractivity contribution >= 4 is 39.0 Å². The van der Waals surface area contributed by atoms with Gasteiger partial charge in [0.15, 0.2) is 5.78 Å². The van der Waals surface area contributed by atoms with Crippen LogP contribution in [-0.4, -0.2) is 26.2 Å². The zero-order valence-corrected chi connectivity index (χ0v) is 15.5. The van der Waals surface area contributed by atoms with Gasteiger partial charge in [0.1, 0.15) is 5.82 Å². The summed E-state index contributed by atoms with van der Waals surface area (Å²) in [6.45, 7) is 2.73. The number of carbonyl (C=O) groups is 2. The predicted molar refractivity (Wildman–Crippen MR) is 96.3 cm³/mol. The smallest absolute Gasteiger partial charge is 0.242 e. The molecule has 0 aliphatic heterocycles. The van der Waals surface area contributed by atoms with Crippen molar-refractivity contribution in [2.24, 2.45) is 0 Å². The van der Waals surface area contributed by atoms with Crippen LogP contribution >= 0.6 is 11.6 Å². The molecule has 2 N–H and O–H groups in total.